The second-order valence-electron chi connectivity index (χ2n) is 4.60. The molecule has 0 fully saturated rings. The molecule has 3 N–H and O–H groups in total. The average molecular weight is 249 g/mol. The monoisotopic (exact) mass is 249 g/mol. The Morgan fingerprint density at radius 3 is 2.83 bits per heavy atom. The molecule has 1 aromatic rings. The normalized spacial score (nSPS) is 19.2. The smallest absolute Gasteiger partial charge is 0.246 e. The molecule has 0 aromatic heterocycles. The number of rotatable bonds is 3. The molecule has 1 heterocycles. The number of anilines is 2. The van der Waals surface area contributed by atoms with Crippen LogP contribution in [0, 0.1) is 0 Å². The van der Waals surface area contributed by atoms with Crippen molar-refractivity contribution < 1.29 is 9.90 Å². The predicted octanol–water partition coefficient (Wildman–Crippen LogP) is 0.732. The number of benzene rings is 1. The van der Waals surface area contributed by atoms with Crippen molar-refractivity contribution in [2.45, 2.75) is 19.0 Å². The van der Waals surface area contributed by atoms with E-state index in [0.717, 1.165) is 11.4 Å². The van der Waals surface area contributed by atoms with Gasteiger partial charge < -0.3 is 20.6 Å². The Balaban J connectivity index is 2.07. The molecule has 0 radical (unpaired) electrons. The number of aliphatic hydroxyl groups is 1. The van der Waals surface area contributed by atoms with Gasteiger partial charge in [0.05, 0.1) is 24.0 Å². The van der Waals surface area contributed by atoms with Gasteiger partial charge in [-0.15, -0.1) is 0 Å². The van der Waals surface area contributed by atoms with Crippen molar-refractivity contribution in [2.24, 2.45) is 0 Å². The Morgan fingerprint density at radius 1 is 1.50 bits per heavy atom. The fourth-order valence-electron chi connectivity index (χ4n) is 1.95. The maximum atomic E-state index is 12.2. The lowest BCUT2D eigenvalue weighted by molar-refractivity contribution is -0.133. The number of nitrogens with zero attached hydrogens (tertiary/aromatic N) is 1. The molecule has 98 valence electrons. The molecule has 1 aliphatic heterocycles. The largest absolute Gasteiger partial charge is 0.394 e. The summed E-state index contributed by atoms with van der Waals surface area (Å²) >= 11 is 0. The first-order valence-corrected chi connectivity index (χ1v) is 6.10. The molecule has 2 unspecified atom stereocenters. The summed E-state index contributed by atoms with van der Waals surface area (Å²) in [5.74, 6) is -0.0152. The van der Waals surface area contributed by atoms with Crippen LogP contribution >= 0.6 is 0 Å². The van der Waals surface area contributed by atoms with Gasteiger partial charge in [0.15, 0.2) is 0 Å². The number of aliphatic hydroxyl groups excluding tert-OH is 1. The van der Waals surface area contributed by atoms with Crippen molar-refractivity contribution in [3.05, 3.63) is 24.3 Å². The topological polar surface area (TPSA) is 64.6 Å². The summed E-state index contributed by atoms with van der Waals surface area (Å²) in [5, 5.41) is 15.5. The van der Waals surface area contributed by atoms with Crippen LogP contribution in [0.1, 0.15) is 6.92 Å². The van der Waals surface area contributed by atoms with Gasteiger partial charge in [0, 0.05) is 13.6 Å². The third kappa shape index (κ3) is 2.41. The Labute approximate surface area is 107 Å². The zero-order valence-corrected chi connectivity index (χ0v) is 10.7. The maximum Gasteiger partial charge on any atom is 0.246 e. The first-order chi connectivity index (χ1) is 8.63. The quantitative estimate of drug-likeness (QED) is 0.739. The van der Waals surface area contributed by atoms with Gasteiger partial charge in [0.2, 0.25) is 5.91 Å². The van der Waals surface area contributed by atoms with Crippen LogP contribution in [0.5, 0.6) is 0 Å². The van der Waals surface area contributed by atoms with Crippen LogP contribution in [0.2, 0.25) is 0 Å². The number of amides is 1. The minimum Gasteiger partial charge on any atom is -0.394 e. The van der Waals surface area contributed by atoms with Crippen molar-refractivity contribution in [3.8, 4) is 0 Å². The van der Waals surface area contributed by atoms with Gasteiger partial charge in [-0.1, -0.05) is 12.1 Å². The van der Waals surface area contributed by atoms with Crippen LogP contribution in [-0.2, 0) is 4.79 Å². The van der Waals surface area contributed by atoms with E-state index in [1.54, 1.807) is 11.9 Å². The van der Waals surface area contributed by atoms with Crippen LogP contribution < -0.4 is 10.6 Å². The van der Waals surface area contributed by atoms with Gasteiger partial charge in [-0.2, -0.15) is 0 Å². The summed E-state index contributed by atoms with van der Waals surface area (Å²) in [5.41, 5.74) is 1.95. The minimum absolute atomic E-state index is 0.0152. The lowest BCUT2D eigenvalue weighted by Crippen LogP contribution is -2.50. The van der Waals surface area contributed by atoms with Gasteiger partial charge in [-0.05, 0) is 19.1 Å². The van der Waals surface area contributed by atoms with E-state index in [0.29, 0.717) is 6.54 Å². The lowest BCUT2D eigenvalue weighted by atomic mass is 10.1. The van der Waals surface area contributed by atoms with Gasteiger partial charge in [0.1, 0.15) is 6.04 Å². The van der Waals surface area contributed by atoms with Gasteiger partial charge in [-0.3, -0.25) is 4.79 Å². The lowest BCUT2D eigenvalue weighted by Gasteiger charge is -2.32. The first kappa shape index (κ1) is 12.7. The molecule has 0 aliphatic carbocycles. The minimum atomic E-state index is -0.293. The second-order valence-corrected chi connectivity index (χ2v) is 4.60. The molecule has 0 saturated heterocycles. The fourth-order valence-corrected chi connectivity index (χ4v) is 1.95. The third-order valence-corrected chi connectivity index (χ3v) is 3.32. The first-order valence-electron chi connectivity index (χ1n) is 6.10. The maximum absolute atomic E-state index is 12.2. The van der Waals surface area contributed by atoms with Gasteiger partial charge in [0.25, 0.3) is 0 Å². The van der Waals surface area contributed by atoms with Crippen molar-refractivity contribution in [2.75, 3.05) is 30.8 Å². The molecule has 1 aliphatic rings. The van der Waals surface area contributed by atoms with Crippen LogP contribution in [0.25, 0.3) is 0 Å². The molecule has 5 nitrogen and oxygen atoms in total. The van der Waals surface area contributed by atoms with Crippen molar-refractivity contribution in [1.29, 1.82) is 0 Å². The molecule has 0 bridgehead atoms. The van der Waals surface area contributed by atoms with E-state index in [1.165, 1.54) is 0 Å². The molecule has 2 rings (SSSR count). The van der Waals surface area contributed by atoms with Crippen molar-refractivity contribution >= 4 is 17.3 Å². The zero-order valence-electron chi connectivity index (χ0n) is 10.7. The van der Waals surface area contributed by atoms with E-state index in [2.05, 4.69) is 10.6 Å². The molecular formula is C13H19N3O2. The van der Waals surface area contributed by atoms with Crippen molar-refractivity contribution in [3.63, 3.8) is 0 Å². The SMILES string of the molecule is CC(CO)N(C)C(=O)C1CNc2ccccc2N1. The summed E-state index contributed by atoms with van der Waals surface area (Å²) in [4.78, 5) is 13.8. The van der Waals surface area contributed by atoms with Gasteiger partial charge >= 0.3 is 0 Å². The molecule has 2 atom stereocenters. The molecular weight excluding hydrogens is 230 g/mol. The summed E-state index contributed by atoms with van der Waals surface area (Å²) in [7, 11) is 1.71. The molecule has 18 heavy (non-hydrogen) atoms. The highest BCUT2D eigenvalue weighted by Gasteiger charge is 2.27. The number of carbonyl (C=O) groups excluding carboxylic acids is 1. The molecule has 1 aromatic carbocycles. The highest BCUT2D eigenvalue weighted by Crippen LogP contribution is 2.25. The zero-order chi connectivity index (χ0) is 13.1. The Morgan fingerprint density at radius 2 is 2.17 bits per heavy atom. The number of likely N-dealkylation sites (N-methyl/N-ethyl adjacent to an activating group) is 1. The predicted molar refractivity (Wildman–Crippen MR) is 71.7 cm³/mol. The molecule has 0 saturated carbocycles. The van der Waals surface area contributed by atoms with E-state index < -0.39 is 0 Å². The standard InChI is InChI=1S/C13H19N3O2/c1-9(8-17)16(2)13(18)12-7-14-10-5-3-4-6-11(10)15-12/h3-6,9,12,14-15,17H,7-8H2,1-2H3. The van der Waals surface area contributed by atoms with Crippen LogP contribution in [0.3, 0.4) is 0 Å². The van der Waals surface area contributed by atoms with E-state index in [9.17, 15) is 4.79 Å². The number of nitrogens with one attached hydrogen (secondary N) is 2. The van der Waals surface area contributed by atoms with Crippen molar-refractivity contribution in [1.82, 2.24) is 4.90 Å². The highest BCUT2D eigenvalue weighted by atomic mass is 16.3. The van der Waals surface area contributed by atoms with E-state index in [-0.39, 0.29) is 24.6 Å². The van der Waals surface area contributed by atoms with Crippen LogP contribution in [0.4, 0.5) is 11.4 Å². The van der Waals surface area contributed by atoms with E-state index >= 15 is 0 Å². The molecule has 5 heteroatoms. The Bertz CT molecular complexity index is 436. The Kier molecular flexibility index (Phi) is 3.72. The number of carbonyl (C=O) groups is 1. The summed E-state index contributed by atoms with van der Waals surface area (Å²) in [6, 6.07) is 7.34. The van der Waals surface area contributed by atoms with Crippen LogP contribution in [-0.4, -0.2) is 48.2 Å². The summed E-state index contributed by atoms with van der Waals surface area (Å²) in [6.07, 6.45) is 0. The number of hydrogen-bond donors (Lipinski definition) is 3. The Hall–Kier alpha value is -1.75. The second kappa shape index (κ2) is 5.27. The third-order valence-electron chi connectivity index (χ3n) is 3.32. The van der Waals surface area contributed by atoms with E-state index in [1.807, 2.05) is 31.2 Å². The van der Waals surface area contributed by atoms with Gasteiger partial charge in [-0.25, -0.2) is 0 Å². The average Bonchev–Trinajstić information content (AvgIpc) is 2.44. The summed E-state index contributed by atoms with van der Waals surface area (Å²) < 4.78 is 0. The highest BCUT2D eigenvalue weighted by molar-refractivity contribution is 5.88. The van der Waals surface area contributed by atoms with E-state index in [4.69, 9.17) is 5.11 Å². The number of para-hydroxylation sites is 2. The fraction of sp³-hybridized carbons (Fsp3) is 0.462. The number of hydrogen-bond acceptors (Lipinski definition) is 4. The number of fused-ring (bicyclic) bond motifs is 1. The van der Waals surface area contributed by atoms with Crippen LogP contribution in [0.15, 0.2) is 24.3 Å². The molecule has 1 amide bonds. The summed E-state index contributed by atoms with van der Waals surface area (Å²) in [6.45, 7) is 2.35. The molecule has 0 spiro atoms.